The summed E-state index contributed by atoms with van der Waals surface area (Å²) in [6.07, 6.45) is -0.242. The molecule has 0 radical (unpaired) electrons. The van der Waals surface area contributed by atoms with Crippen LogP contribution in [0.4, 0.5) is 9.59 Å². The Hall–Kier alpha value is -1.99. The van der Waals surface area contributed by atoms with Crippen molar-refractivity contribution < 1.29 is 29.0 Å². The molecular formula is C17H30N2O6. The predicted molar refractivity (Wildman–Crippen MR) is 91.3 cm³/mol. The molecule has 1 fully saturated rings. The number of rotatable bonds is 6. The molecule has 1 aliphatic carbocycles. The van der Waals surface area contributed by atoms with Crippen LogP contribution in [0.1, 0.15) is 60.8 Å². The first kappa shape index (κ1) is 21.1. The molecule has 1 aliphatic rings. The van der Waals surface area contributed by atoms with Crippen LogP contribution in [-0.2, 0) is 14.3 Å². The van der Waals surface area contributed by atoms with Gasteiger partial charge in [-0.1, -0.05) is 0 Å². The Morgan fingerprint density at radius 3 is 2.04 bits per heavy atom. The Labute approximate surface area is 148 Å². The summed E-state index contributed by atoms with van der Waals surface area (Å²) in [5.74, 6) is -1.02. The van der Waals surface area contributed by atoms with Gasteiger partial charge < -0.3 is 25.2 Å². The van der Waals surface area contributed by atoms with E-state index in [0.717, 1.165) is 0 Å². The minimum absolute atomic E-state index is 0.0361. The molecule has 0 bridgehead atoms. The van der Waals surface area contributed by atoms with Gasteiger partial charge in [-0.05, 0) is 60.3 Å². The molecule has 0 unspecified atom stereocenters. The van der Waals surface area contributed by atoms with E-state index in [1.54, 1.807) is 41.5 Å². The molecule has 0 aromatic rings. The summed E-state index contributed by atoms with van der Waals surface area (Å²) in [4.78, 5) is 34.7. The van der Waals surface area contributed by atoms with Gasteiger partial charge in [-0.15, -0.1) is 0 Å². The highest BCUT2D eigenvalue weighted by Crippen LogP contribution is 2.48. The molecule has 0 heterocycles. The first-order valence-electron chi connectivity index (χ1n) is 8.42. The van der Waals surface area contributed by atoms with Gasteiger partial charge in [0.15, 0.2) is 0 Å². The lowest BCUT2D eigenvalue weighted by atomic mass is 10.1. The average molecular weight is 358 g/mol. The quantitative estimate of drug-likeness (QED) is 0.672. The fourth-order valence-electron chi connectivity index (χ4n) is 2.61. The van der Waals surface area contributed by atoms with Crippen molar-refractivity contribution in [3.05, 3.63) is 0 Å². The normalized spacial score (nSPS) is 22.7. The lowest BCUT2D eigenvalue weighted by Gasteiger charge is -2.23. The Morgan fingerprint density at radius 1 is 1.04 bits per heavy atom. The molecule has 144 valence electrons. The number of ether oxygens (including phenoxy) is 2. The second kappa shape index (κ2) is 7.49. The Morgan fingerprint density at radius 2 is 1.56 bits per heavy atom. The van der Waals surface area contributed by atoms with E-state index >= 15 is 0 Å². The van der Waals surface area contributed by atoms with Gasteiger partial charge >= 0.3 is 18.2 Å². The van der Waals surface area contributed by atoms with Crippen LogP contribution in [0.2, 0.25) is 0 Å². The minimum Gasteiger partial charge on any atom is -0.481 e. The third kappa shape index (κ3) is 8.09. The Kier molecular flexibility index (Phi) is 6.31. The van der Waals surface area contributed by atoms with E-state index in [-0.39, 0.29) is 12.3 Å². The van der Waals surface area contributed by atoms with Crippen LogP contribution in [-0.4, -0.2) is 46.5 Å². The average Bonchev–Trinajstić information content (AvgIpc) is 2.94. The Balaban J connectivity index is 2.50. The van der Waals surface area contributed by atoms with Crippen LogP contribution in [0.15, 0.2) is 0 Å². The summed E-state index contributed by atoms with van der Waals surface area (Å²) >= 11 is 0. The molecule has 1 saturated carbocycles. The molecule has 0 aliphatic heterocycles. The van der Waals surface area contributed by atoms with Crippen molar-refractivity contribution in [2.24, 2.45) is 5.92 Å². The van der Waals surface area contributed by atoms with Crippen molar-refractivity contribution in [3.63, 3.8) is 0 Å². The first-order chi connectivity index (χ1) is 11.2. The third-order valence-corrected chi connectivity index (χ3v) is 3.61. The molecule has 2 amide bonds. The van der Waals surface area contributed by atoms with Gasteiger partial charge in [-0.3, -0.25) is 4.79 Å². The molecule has 8 nitrogen and oxygen atoms in total. The van der Waals surface area contributed by atoms with Crippen LogP contribution >= 0.6 is 0 Å². The van der Waals surface area contributed by atoms with E-state index in [4.69, 9.17) is 14.6 Å². The van der Waals surface area contributed by atoms with Crippen molar-refractivity contribution in [2.45, 2.75) is 77.5 Å². The zero-order chi connectivity index (χ0) is 19.5. The summed E-state index contributed by atoms with van der Waals surface area (Å²) in [6, 6.07) is 0. The van der Waals surface area contributed by atoms with Crippen molar-refractivity contribution in [2.75, 3.05) is 6.54 Å². The predicted octanol–water partition coefficient (Wildman–Crippen LogP) is 2.66. The lowest BCUT2D eigenvalue weighted by Crippen LogP contribution is -2.43. The number of alkyl carbamates (subject to hydrolysis) is 2. The highest BCUT2D eigenvalue weighted by atomic mass is 16.6. The molecule has 25 heavy (non-hydrogen) atoms. The summed E-state index contributed by atoms with van der Waals surface area (Å²) in [5.41, 5.74) is -2.05. The zero-order valence-corrected chi connectivity index (χ0v) is 15.9. The topological polar surface area (TPSA) is 114 Å². The fraction of sp³-hybridized carbons (Fsp3) is 0.824. The summed E-state index contributed by atoms with van der Waals surface area (Å²) < 4.78 is 10.4. The van der Waals surface area contributed by atoms with Gasteiger partial charge in [0.1, 0.15) is 11.2 Å². The smallest absolute Gasteiger partial charge is 0.408 e. The van der Waals surface area contributed by atoms with E-state index in [9.17, 15) is 14.4 Å². The maximum atomic E-state index is 12.0. The second-order valence-corrected chi connectivity index (χ2v) is 8.47. The van der Waals surface area contributed by atoms with Gasteiger partial charge in [-0.2, -0.15) is 0 Å². The van der Waals surface area contributed by atoms with Crippen molar-refractivity contribution in [3.8, 4) is 0 Å². The zero-order valence-electron chi connectivity index (χ0n) is 15.9. The Bertz CT molecular complexity index is 520. The molecule has 8 heteroatoms. The highest BCUT2D eigenvalue weighted by Gasteiger charge is 2.56. The van der Waals surface area contributed by atoms with Crippen molar-refractivity contribution in [1.29, 1.82) is 0 Å². The summed E-state index contributed by atoms with van der Waals surface area (Å²) in [5, 5.41) is 14.4. The molecule has 0 saturated heterocycles. The molecule has 3 N–H and O–H groups in total. The van der Waals surface area contributed by atoms with E-state index in [0.29, 0.717) is 19.4 Å². The fourth-order valence-corrected chi connectivity index (χ4v) is 2.61. The van der Waals surface area contributed by atoms with E-state index < -0.39 is 34.9 Å². The van der Waals surface area contributed by atoms with Gasteiger partial charge in [-0.25, -0.2) is 9.59 Å². The van der Waals surface area contributed by atoms with E-state index in [2.05, 4.69) is 10.6 Å². The number of nitrogens with one attached hydrogen (secondary N) is 2. The molecule has 2 atom stereocenters. The largest absolute Gasteiger partial charge is 0.481 e. The molecular weight excluding hydrogens is 328 g/mol. The standard InChI is InChI=1S/C17H30N2O6/c1-15(2,3)24-13(22)18-8-7-11-9-17(11,10-12(20)21)19-14(23)25-16(4,5)6/h11H,7-10H2,1-6H3,(H,18,22)(H,19,23)(H,20,21)/t11-,17+/m1/s1. The van der Waals surface area contributed by atoms with Gasteiger partial charge in [0.2, 0.25) is 0 Å². The molecule has 0 aromatic heterocycles. The minimum atomic E-state index is -0.987. The lowest BCUT2D eigenvalue weighted by molar-refractivity contribution is -0.137. The highest BCUT2D eigenvalue weighted by molar-refractivity contribution is 5.74. The number of aliphatic carboxylic acids is 1. The van der Waals surface area contributed by atoms with Gasteiger partial charge in [0.25, 0.3) is 0 Å². The first-order valence-corrected chi connectivity index (χ1v) is 8.42. The van der Waals surface area contributed by atoms with E-state index in [1.165, 1.54) is 0 Å². The van der Waals surface area contributed by atoms with Crippen molar-refractivity contribution in [1.82, 2.24) is 10.6 Å². The number of carbonyl (C=O) groups excluding carboxylic acids is 2. The molecule has 1 rings (SSSR count). The summed E-state index contributed by atoms with van der Waals surface area (Å²) in [6.45, 7) is 10.9. The monoisotopic (exact) mass is 358 g/mol. The number of amides is 2. The van der Waals surface area contributed by atoms with E-state index in [1.807, 2.05) is 0 Å². The maximum absolute atomic E-state index is 12.0. The molecule has 0 aromatic carbocycles. The number of carboxylic acid groups (broad SMARTS) is 1. The number of hydrogen-bond acceptors (Lipinski definition) is 5. The number of hydrogen-bond donors (Lipinski definition) is 3. The van der Waals surface area contributed by atoms with Crippen LogP contribution in [0, 0.1) is 5.92 Å². The summed E-state index contributed by atoms with van der Waals surface area (Å²) in [7, 11) is 0. The van der Waals surface area contributed by atoms with Crippen LogP contribution in [0.25, 0.3) is 0 Å². The SMILES string of the molecule is CC(C)(C)OC(=O)NCC[C@@H]1C[C@@]1(CC(=O)O)NC(=O)OC(C)(C)C. The van der Waals surface area contributed by atoms with Crippen LogP contribution in [0.3, 0.4) is 0 Å². The van der Waals surface area contributed by atoms with Crippen LogP contribution in [0.5, 0.6) is 0 Å². The maximum Gasteiger partial charge on any atom is 0.408 e. The van der Waals surface area contributed by atoms with Gasteiger partial charge in [0, 0.05) is 6.54 Å². The third-order valence-electron chi connectivity index (χ3n) is 3.61. The number of carbonyl (C=O) groups is 3. The second-order valence-electron chi connectivity index (χ2n) is 8.47. The molecule has 0 spiro atoms. The number of carboxylic acids is 1. The van der Waals surface area contributed by atoms with Crippen molar-refractivity contribution >= 4 is 18.2 Å². The van der Waals surface area contributed by atoms with Crippen LogP contribution < -0.4 is 10.6 Å². The van der Waals surface area contributed by atoms with Gasteiger partial charge in [0.05, 0.1) is 12.0 Å².